The first kappa shape index (κ1) is 24.8. The number of nitrogens with zero attached hydrogens (tertiary/aromatic N) is 1. The van der Waals surface area contributed by atoms with Crippen LogP contribution in [-0.2, 0) is 20.9 Å². The average Bonchev–Trinajstić information content (AvgIpc) is 2.83. The molecule has 1 heterocycles. The number of hydrogen-bond acceptors (Lipinski definition) is 5. The van der Waals surface area contributed by atoms with Gasteiger partial charge in [-0.2, -0.15) is 0 Å². The molecule has 1 fully saturated rings. The van der Waals surface area contributed by atoms with Gasteiger partial charge in [0.15, 0.2) is 6.23 Å². The van der Waals surface area contributed by atoms with Gasteiger partial charge in [-0.25, -0.2) is 9.69 Å². The first-order chi connectivity index (χ1) is 16.3. The Kier molecular flexibility index (Phi) is 7.88. The normalized spacial score (nSPS) is 16.4. The summed E-state index contributed by atoms with van der Waals surface area (Å²) in [6, 6.07) is 15.4. The lowest BCUT2D eigenvalue weighted by atomic mass is 9.72. The van der Waals surface area contributed by atoms with Gasteiger partial charge in [-0.3, -0.25) is 14.4 Å². The Morgan fingerprint density at radius 3 is 2.38 bits per heavy atom. The topological polar surface area (TPSA) is 125 Å². The number of likely N-dealkylation sites (tertiary alicyclic amines) is 1. The molecule has 0 aliphatic carbocycles. The molecule has 9 heteroatoms. The molecule has 180 valence electrons. The number of carboxylic acids is 1. The predicted molar refractivity (Wildman–Crippen MR) is 125 cm³/mol. The van der Waals surface area contributed by atoms with Gasteiger partial charge in [-0.15, -0.1) is 0 Å². The Balaban J connectivity index is 1.72. The van der Waals surface area contributed by atoms with Crippen LogP contribution in [0.4, 0.5) is 10.5 Å². The molecule has 1 aliphatic heterocycles. The van der Waals surface area contributed by atoms with Crippen molar-refractivity contribution in [3.8, 4) is 5.75 Å². The summed E-state index contributed by atoms with van der Waals surface area (Å²) in [5.74, 6) is -1.40. The number of urea groups is 1. The second-order valence-electron chi connectivity index (χ2n) is 8.12. The van der Waals surface area contributed by atoms with Crippen LogP contribution in [0.25, 0.3) is 0 Å². The van der Waals surface area contributed by atoms with Gasteiger partial charge < -0.3 is 20.5 Å². The minimum atomic E-state index is -1.05. The van der Waals surface area contributed by atoms with Crippen LogP contribution in [0.1, 0.15) is 45.1 Å². The fraction of sp³-hybridized carbons (Fsp3) is 0.360. The maximum Gasteiger partial charge on any atom is 0.327 e. The summed E-state index contributed by atoms with van der Waals surface area (Å²) < 4.78 is 6.12. The number of aliphatic carboxylic acids is 1. The average molecular weight is 468 g/mol. The SMILES string of the molecule is CCC1(CC)C(=O)N(C(=O)NCc2ccccc2)C1Oc1cccc(NC(=O)CCC(=O)O)c1. The molecule has 0 bridgehead atoms. The third-order valence-corrected chi connectivity index (χ3v) is 6.05. The van der Waals surface area contributed by atoms with Crippen LogP contribution in [0, 0.1) is 5.41 Å². The number of carboxylic acid groups (broad SMARTS) is 1. The first-order valence-electron chi connectivity index (χ1n) is 11.2. The van der Waals surface area contributed by atoms with Crippen LogP contribution >= 0.6 is 0 Å². The Hall–Kier alpha value is -3.88. The van der Waals surface area contributed by atoms with Crippen LogP contribution in [-0.4, -0.2) is 40.0 Å². The van der Waals surface area contributed by atoms with E-state index in [0.29, 0.717) is 24.3 Å². The molecule has 1 atom stereocenters. The third kappa shape index (κ3) is 5.36. The number of anilines is 1. The first-order valence-corrected chi connectivity index (χ1v) is 11.2. The molecule has 3 rings (SSSR count). The van der Waals surface area contributed by atoms with Crippen molar-refractivity contribution in [3.05, 3.63) is 60.2 Å². The highest BCUT2D eigenvalue weighted by Crippen LogP contribution is 2.46. The van der Waals surface area contributed by atoms with Gasteiger partial charge in [-0.1, -0.05) is 50.2 Å². The lowest BCUT2D eigenvalue weighted by Crippen LogP contribution is -2.73. The highest BCUT2D eigenvalue weighted by atomic mass is 16.5. The van der Waals surface area contributed by atoms with E-state index >= 15 is 0 Å². The van der Waals surface area contributed by atoms with Gasteiger partial charge in [0.2, 0.25) is 11.8 Å². The molecule has 34 heavy (non-hydrogen) atoms. The zero-order valence-electron chi connectivity index (χ0n) is 19.2. The van der Waals surface area contributed by atoms with E-state index in [0.717, 1.165) is 10.5 Å². The Morgan fingerprint density at radius 2 is 1.74 bits per heavy atom. The minimum Gasteiger partial charge on any atom is -0.481 e. The summed E-state index contributed by atoms with van der Waals surface area (Å²) in [6.07, 6.45) is -0.220. The molecule has 1 aliphatic rings. The molecular formula is C25H29N3O6. The van der Waals surface area contributed by atoms with Crippen LogP contribution in [0.5, 0.6) is 5.75 Å². The highest BCUT2D eigenvalue weighted by molar-refractivity contribution is 6.03. The molecule has 0 spiro atoms. The number of carbonyl (C=O) groups is 4. The number of hydrogen-bond donors (Lipinski definition) is 3. The van der Waals surface area contributed by atoms with Crippen molar-refractivity contribution in [1.29, 1.82) is 0 Å². The quantitative estimate of drug-likeness (QED) is 0.457. The van der Waals surface area contributed by atoms with Gasteiger partial charge in [0, 0.05) is 24.7 Å². The van der Waals surface area contributed by atoms with Gasteiger partial charge >= 0.3 is 12.0 Å². The van der Waals surface area contributed by atoms with Gasteiger partial charge in [0.1, 0.15) is 11.2 Å². The molecular weight excluding hydrogens is 438 g/mol. The van der Waals surface area contributed by atoms with E-state index in [1.54, 1.807) is 24.3 Å². The highest BCUT2D eigenvalue weighted by Gasteiger charge is 2.62. The molecule has 2 aromatic rings. The van der Waals surface area contributed by atoms with E-state index in [9.17, 15) is 19.2 Å². The number of ether oxygens (including phenoxy) is 1. The van der Waals surface area contributed by atoms with E-state index in [-0.39, 0.29) is 25.3 Å². The Morgan fingerprint density at radius 1 is 1.03 bits per heavy atom. The summed E-state index contributed by atoms with van der Waals surface area (Å²) in [5, 5.41) is 14.1. The van der Waals surface area contributed by atoms with Crippen LogP contribution in [0.15, 0.2) is 54.6 Å². The second kappa shape index (κ2) is 10.8. The lowest BCUT2D eigenvalue weighted by Gasteiger charge is -2.53. The largest absolute Gasteiger partial charge is 0.481 e. The Bertz CT molecular complexity index is 1050. The number of nitrogens with one attached hydrogen (secondary N) is 2. The fourth-order valence-electron chi connectivity index (χ4n) is 3.98. The van der Waals surface area contributed by atoms with Crippen LogP contribution in [0.2, 0.25) is 0 Å². The van der Waals surface area contributed by atoms with Gasteiger partial charge in [0.05, 0.1) is 6.42 Å². The zero-order chi connectivity index (χ0) is 24.7. The van der Waals surface area contributed by atoms with Crippen molar-refractivity contribution >= 4 is 29.5 Å². The molecule has 1 saturated heterocycles. The summed E-state index contributed by atoms with van der Waals surface area (Å²) in [6.45, 7) is 4.05. The van der Waals surface area contributed by atoms with Crippen molar-refractivity contribution in [2.45, 2.75) is 52.3 Å². The maximum absolute atomic E-state index is 13.0. The number of amides is 4. The molecule has 0 radical (unpaired) electrons. The van der Waals surface area contributed by atoms with Crippen molar-refractivity contribution in [1.82, 2.24) is 10.2 Å². The van der Waals surface area contributed by atoms with Crippen molar-refractivity contribution in [3.63, 3.8) is 0 Å². The molecule has 0 saturated carbocycles. The number of rotatable bonds is 10. The summed E-state index contributed by atoms with van der Waals surface area (Å²) in [5.41, 5.74) is 0.507. The number of imide groups is 1. The predicted octanol–water partition coefficient (Wildman–Crippen LogP) is 3.75. The third-order valence-electron chi connectivity index (χ3n) is 6.05. The molecule has 3 N–H and O–H groups in total. The van der Waals surface area contributed by atoms with Crippen LogP contribution in [0.3, 0.4) is 0 Å². The maximum atomic E-state index is 13.0. The minimum absolute atomic E-state index is 0.151. The number of carbonyl (C=O) groups excluding carboxylic acids is 3. The standard InChI is InChI=1S/C25H29N3O6/c1-3-25(4-2)22(32)28(24(33)26-16-17-9-6-5-7-10-17)23(25)34-19-12-8-11-18(15-19)27-20(29)13-14-21(30)31/h5-12,15,23H,3-4,13-14,16H2,1-2H3,(H,26,33)(H,27,29)(H,30,31). The summed E-state index contributed by atoms with van der Waals surface area (Å²) >= 11 is 0. The van der Waals surface area contributed by atoms with Gasteiger partial charge in [0.25, 0.3) is 0 Å². The zero-order valence-corrected chi connectivity index (χ0v) is 19.2. The number of β-lactam (4-membered cyclic amide) rings is 1. The van der Waals surface area contributed by atoms with E-state index in [2.05, 4.69) is 10.6 Å². The molecule has 9 nitrogen and oxygen atoms in total. The summed E-state index contributed by atoms with van der Waals surface area (Å²) in [7, 11) is 0. The molecule has 0 aromatic heterocycles. The van der Waals surface area contributed by atoms with Gasteiger partial charge in [-0.05, 0) is 30.5 Å². The monoisotopic (exact) mass is 467 g/mol. The smallest absolute Gasteiger partial charge is 0.327 e. The molecule has 4 amide bonds. The number of benzene rings is 2. The van der Waals surface area contributed by atoms with E-state index < -0.39 is 29.6 Å². The lowest BCUT2D eigenvalue weighted by molar-refractivity contribution is -0.190. The Labute approximate surface area is 198 Å². The van der Waals surface area contributed by atoms with Crippen LogP contribution < -0.4 is 15.4 Å². The van der Waals surface area contributed by atoms with E-state index in [4.69, 9.17) is 9.84 Å². The summed E-state index contributed by atoms with van der Waals surface area (Å²) in [4.78, 5) is 49.6. The van der Waals surface area contributed by atoms with Crippen molar-refractivity contribution in [2.75, 3.05) is 5.32 Å². The van der Waals surface area contributed by atoms with E-state index in [1.165, 1.54) is 0 Å². The second-order valence-corrected chi connectivity index (χ2v) is 8.12. The fourth-order valence-corrected chi connectivity index (χ4v) is 3.98. The van der Waals surface area contributed by atoms with Crippen molar-refractivity contribution < 1.29 is 29.0 Å². The van der Waals surface area contributed by atoms with E-state index in [1.807, 2.05) is 44.2 Å². The van der Waals surface area contributed by atoms with Crippen molar-refractivity contribution in [2.24, 2.45) is 5.41 Å². The molecule has 1 unspecified atom stereocenters. The molecule has 2 aromatic carbocycles.